The number of aromatic hydroxyl groups is 1. The van der Waals surface area contributed by atoms with Crippen LogP contribution in [-0.2, 0) is 19.1 Å². The number of nitrogens with one attached hydrogen (secondary N) is 2. The molecule has 0 aromatic heterocycles. The van der Waals surface area contributed by atoms with E-state index < -0.39 is 41.5 Å². The standard InChI is InChI=1S/C26H42N4O6/c1-6-8-15-28-23(33)22(18-11-10-12-19(31)17-18)30(16-9-7-2)24(34)20(13-14-21(27)32)29-25(35)36-26(3,4)5/h10-12,17,20,22,31H,6-9,13-16H2,1-5H3,(H2,27,32)(H,28,33)(H,29,35). The number of phenols is 1. The Bertz CT molecular complexity index is 883. The highest BCUT2D eigenvalue weighted by molar-refractivity contribution is 5.92. The van der Waals surface area contributed by atoms with Gasteiger partial charge in [0.15, 0.2) is 0 Å². The third kappa shape index (κ3) is 11.0. The predicted molar refractivity (Wildman–Crippen MR) is 137 cm³/mol. The number of amides is 4. The summed E-state index contributed by atoms with van der Waals surface area (Å²) in [6.45, 7) is 9.69. The maximum Gasteiger partial charge on any atom is 0.408 e. The minimum absolute atomic E-state index is 0.0427. The number of unbranched alkanes of at least 4 members (excludes halogenated alkanes) is 2. The first-order valence-electron chi connectivity index (χ1n) is 12.5. The van der Waals surface area contributed by atoms with Crippen molar-refractivity contribution >= 4 is 23.8 Å². The SMILES string of the molecule is CCCCNC(=O)C(c1cccc(O)c1)N(CCCC)C(=O)C(CCC(N)=O)NC(=O)OC(C)(C)C. The predicted octanol–water partition coefficient (Wildman–Crippen LogP) is 3.14. The van der Waals surface area contributed by atoms with Crippen molar-refractivity contribution in [3.05, 3.63) is 29.8 Å². The molecule has 10 nitrogen and oxygen atoms in total. The summed E-state index contributed by atoms with van der Waals surface area (Å²) < 4.78 is 5.31. The molecule has 0 spiro atoms. The summed E-state index contributed by atoms with van der Waals surface area (Å²) in [6, 6.07) is 3.99. The van der Waals surface area contributed by atoms with Gasteiger partial charge in [0.2, 0.25) is 17.7 Å². The zero-order chi connectivity index (χ0) is 27.3. The number of hydrogen-bond donors (Lipinski definition) is 4. The van der Waals surface area contributed by atoms with Crippen molar-refractivity contribution in [1.82, 2.24) is 15.5 Å². The van der Waals surface area contributed by atoms with E-state index in [1.54, 1.807) is 32.9 Å². The number of hydrogen-bond acceptors (Lipinski definition) is 6. The Balaban J connectivity index is 3.42. The second-order valence-electron chi connectivity index (χ2n) is 9.73. The normalized spacial score (nSPS) is 12.8. The molecule has 0 aliphatic heterocycles. The van der Waals surface area contributed by atoms with Crippen LogP contribution in [0.4, 0.5) is 4.79 Å². The number of nitrogens with zero attached hydrogens (tertiary/aromatic N) is 1. The van der Waals surface area contributed by atoms with Gasteiger partial charge in [0.25, 0.3) is 0 Å². The molecule has 0 aliphatic carbocycles. The summed E-state index contributed by atoms with van der Waals surface area (Å²) in [5, 5.41) is 15.5. The van der Waals surface area contributed by atoms with E-state index in [0.29, 0.717) is 18.5 Å². The lowest BCUT2D eigenvalue weighted by molar-refractivity contribution is -0.142. The largest absolute Gasteiger partial charge is 0.508 e. The van der Waals surface area contributed by atoms with Gasteiger partial charge in [-0.05, 0) is 57.7 Å². The van der Waals surface area contributed by atoms with Gasteiger partial charge in [0.1, 0.15) is 23.4 Å². The number of benzene rings is 1. The van der Waals surface area contributed by atoms with Crippen molar-refractivity contribution in [2.75, 3.05) is 13.1 Å². The van der Waals surface area contributed by atoms with Gasteiger partial charge in [-0.3, -0.25) is 14.4 Å². The fourth-order valence-corrected chi connectivity index (χ4v) is 3.54. The molecule has 0 fully saturated rings. The van der Waals surface area contributed by atoms with Crippen LogP contribution in [0.25, 0.3) is 0 Å². The second-order valence-corrected chi connectivity index (χ2v) is 9.73. The second kappa shape index (κ2) is 15.0. The molecule has 0 saturated carbocycles. The Morgan fingerprint density at radius 1 is 1.11 bits per heavy atom. The van der Waals surface area contributed by atoms with Gasteiger partial charge in [0.05, 0.1) is 0 Å². The highest BCUT2D eigenvalue weighted by atomic mass is 16.6. The summed E-state index contributed by atoms with van der Waals surface area (Å²) >= 11 is 0. The lowest BCUT2D eigenvalue weighted by Gasteiger charge is -2.34. The van der Waals surface area contributed by atoms with E-state index in [0.717, 1.165) is 19.3 Å². The molecule has 10 heteroatoms. The summed E-state index contributed by atoms with van der Waals surface area (Å²) in [6.07, 6.45) is 1.97. The Kier molecular flexibility index (Phi) is 12.8. The number of nitrogens with two attached hydrogens (primary N) is 1. The van der Waals surface area contributed by atoms with Crippen molar-refractivity contribution in [3.8, 4) is 5.75 Å². The minimum Gasteiger partial charge on any atom is -0.508 e. The summed E-state index contributed by atoms with van der Waals surface area (Å²) in [5.41, 5.74) is 4.94. The number of carbonyl (C=O) groups excluding carboxylic acids is 4. The van der Waals surface area contributed by atoms with Gasteiger partial charge in [-0.1, -0.05) is 38.8 Å². The fraction of sp³-hybridized carbons (Fsp3) is 0.615. The highest BCUT2D eigenvalue weighted by Gasteiger charge is 2.36. The van der Waals surface area contributed by atoms with E-state index in [9.17, 15) is 24.3 Å². The third-order valence-electron chi connectivity index (χ3n) is 5.28. The van der Waals surface area contributed by atoms with Crippen molar-refractivity contribution < 1.29 is 29.0 Å². The number of rotatable bonds is 14. The number of alkyl carbamates (subject to hydrolysis) is 1. The molecular weight excluding hydrogens is 464 g/mol. The molecule has 2 unspecified atom stereocenters. The van der Waals surface area contributed by atoms with E-state index in [1.807, 2.05) is 13.8 Å². The maximum atomic E-state index is 13.9. The average molecular weight is 507 g/mol. The minimum atomic E-state index is -1.15. The van der Waals surface area contributed by atoms with Crippen molar-refractivity contribution in [1.29, 1.82) is 0 Å². The molecule has 0 saturated heterocycles. The molecule has 0 radical (unpaired) electrons. The van der Waals surface area contributed by atoms with E-state index >= 15 is 0 Å². The zero-order valence-corrected chi connectivity index (χ0v) is 22.1. The Morgan fingerprint density at radius 3 is 2.33 bits per heavy atom. The van der Waals surface area contributed by atoms with E-state index in [-0.39, 0.29) is 25.1 Å². The number of primary amides is 1. The van der Waals surface area contributed by atoms with Gasteiger partial charge in [-0.2, -0.15) is 0 Å². The molecular formula is C26H42N4O6. The molecule has 36 heavy (non-hydrogen) atoms. The molecule has 1 rings (SSSR count). The van der Waals surface area contributed by atoms with Crippen LogP contribution in [0, 0.1) is 0 Å². The molecule has 4 amide bonds. The fourth-order valence-electron chi connectivity index (χ4n) is 3.54. The van der Waals surface area contributed by atoms with Crippen LogP contribution in [0.3, 0.4) is 0 Å². The van der Waals surface area contributed by atoms with Crippen LogP contribution in [0.15, 0.2) is 24.3 Å². The molecule has 1 aromatic rings. The van der Waals surface area contributed by atoms with Crippen molar-refractivity contribution in [3.63, 3.8) is 0 Å². The lowest BCUT2D eigenvalue weighted by Crippen LogP contribution is -2.53. The van der Waals surface area contributed by atoms with E-state index in [1.165, 1.54) is 17.0 Å². The molecule has 1 aromatic carbocycles. The Morgan fingerprint density at radius 2 is 1.78 bits per heavy atom. The smallest absolute Gasteiger partial charge is 0.408 e. The number of phenolic OH excluding ortho intramolecular Hbond substituents is 1. The van der Waals surface area contributed by atoms with Crippen LogP contribution in [-0.4, -0.2) is 58.6 Å². The van der Waals surface area contributed by atoms with Crippen molar-refractivity contribution in [2.45, 2.75) is 90.8 Å². The van der Waals surface area contributed by atoms with Gasteiger partial charge in [-0.15, -0.1) is 0 Å². The molecule has 0 bridgehead atoms. The van der Waals surface area contributed by atoms with Gasteiger partial charge < -0.3 is 31.1 Å². The number of carbonyl (C=O) groups is 4. The van der Waals surface area contributed by atoms with Crippen LogP contribution in [0.2, 0.25) is 0 Å². The quantitative estimate of drug-likeness (QED) is 0.285. The topological polar surface area (TPSA) is 151 Å². The summed E-state index contributed by atoms with van der Waals surface area (Å²) in [7, 11) is 0. The average Bonchev–Trinajstić information content (AvgIpc) is 2.77. The molecule has 5 N–H and O–H groups in total. The maximum absolute atomic E-state index is 13.9. The van der Waals surface area contributed by atoms with Gasteiger partial charge in [0, 0.05) is 19.5 Å². The third-order valence-corrected chi connectivity index (χ3v) is 5.28. The summed E-state index contributed by atoms with van der Waals surface area (Å²) in [4.78, 5) is 52.6. The van der Waals surface area contributed by atoms with Crippen LogP contribution in [0.5, 0.6) is 5.75 Å². The first-order valence-corrected chi connectivity index (χ1v) is 12.5. The van der Waals surface area contributed by atoms with Crippen LogP contribution in [0.1, 0.15) is 84.7 Å². The zero-order valence-electron chi connectivity index (χ0n) is 22.1. The van der Waals surface area contributed by atoms with Gasteiger partial charge >= 0.3 is 6.09 Å². The molecule has 0 heterocycles. The first kappa shape index (κ1) is 30.7. The molecule has 0 aliphatic rings. The summed E-state index contributed by atoms with van der Waals surface area (Å²) in [5.74, 6) is -1.61. The van der Waals surface area contributed by atoms with Crippen molar-refractivity contribution in [2.24, 2.45) is 5.73 Å². The Hall–Kier alpha value is -3.30. The Labute approximate surface area is 213 Å². The molecule has 2 atom stereocenters. The monoisotopic (exact) mass is 506 g/mol. The highest BCUT2D eigenvalue weighted by Crippen LogP contribution is 2.26. The van der Waals surface area contributed by atoms with E-state index in [2.05, 4.69) is 10.6 Å². The van der Waals surface area contributed by atoms with E-state index in [4.69, 9.17) is 10.5 Å². The first-order chi connectivity index (χ1) is 16.9. The van der Waals surface area contributed by atoms with Gasteiger partial charge in [-0.25, -0.2) is 4.79 Å². The number of ether oxygens (including phenoxy) is 1. The molecule has 202 valence electrons. The van der Waals surface area contributed by atoms with Crippen LogP contribution < -0.4 is 16.4 Å². The lowest BCUT2D eigenvalue weighted by atomic mass is 10.0. The van der Waals surface area contributed by atoms with Crippen LogP contribution >= 0.6 is 0 Å².